The topological polar surface area (TPSA) is 147 Å². The molecule has 3 aromatic rings. The number of nitrogens with one attached hydrogen (secondary N) is 1. The molecule has 1 atom stereocenters. The van der Waals surface area contributed by atoms with E-state index in [0.717, 1.165) is 6.20 Å². The number of likely N-dealkylation sites (tertiary alicyclic amines) is 1. The number of H-pyrrole nitrogens is 1. The normalized spacial score (nSPS) is 18.2. The standard InChI is InChI=1S/C26H31FN8O5/c1-26(2,3)40-25(39)34-7-4-5-16(15-34)23(37)32-9-11-33(12-10-32)24(38)21(36)17-13-28-20-19(17)18(27)14-29-22(20)35-8-6-30-31-35/h6,8,13-14,16,28H,4-5,7,9-12,15H2,1-3H3. The van der Waals surface area contributed by atoms with Gasteiger partial charge in [0, 0.05) is 45.5 Å². The van der Waals surface area contributed by atoms with Crippen molar-refractivity contribution in [2.24, 2.45) is 5.92 Å². The third kappa shape index (κ3) is 5.38. The zero-order valence-electron chi connectivity index (χ0n) is 22.6. The lowest BCUT2D eigenvalue weighted by Crippen LogP contribution is -2.55. The maximum absolute atomic E-state index is 14.8. The number of Topliss-reactive ketones (excluding diaryl/α,β-unsaturated/α-hetero) is 1. The number of ketones is 1. The minimum absolute atomic E-state index is 0.0560. The van der Waals surface area contributed by atoms with Crippen LogP contribution in [-0.4, -0.2) is 108 Å². The molecule has 2 saturated heterocycles. The van der Waals surface area contributed by atoms with Crippen LogP contribution in [0.3, 0.4) is 0 Å². The van der Waals surface area contributed by atoms with Crippen LogP contribution in [-0.2, 0) is 14.3 Å². The number of aromatic amines is 1. The predicted molar refractivity (Wildman–Crippen MR) is 139 cm³/mol. The summed E-state index contributed by atoms with van der Waals surface area (Å²) in [7, 11) is 0. The van der Waals surface area contributed by atoms with Crippen molar-refractivity contribution in [3.63, 3.8) is 0 Å². The minimum Gasteiger partial charge on any atom is -0.444 e. The SMILES string of the molecule is CC(C)(C)OC(=O)N1CCCC(C(=O)N2CCN(C(=O)C(=O)c3c[nH]c4c(-n5ccnn5)ncc(F)c34)CC2)C1. The Hall–Kier alpha value is -4.36. The summed E-state index contributed by atoms with van der Waals surface area (Å²) in [5, 5.41) is 7.52. The first-order valence-electron chi connectivity index (χ1n) is 13.2. The maximum atomic E-state index is 14.8. The van der Waals surface area contributed by atoms with Gasteiger partial charge in [0.25, 0.3) is 11.7 Å². The van der Waals surface area contributed by atoms with Gasteiger partial charge in [0.1, 0.15) is 5.60 Å². The Kier molecular flexibility index (Phi) is 7.25. The molecule has 0 saturated carbocycles. The molecule has 5 rings (SSSR count). The van der Waals surface area contributed by atoms with Crippen LogP contribution in [0.5, 0.6) is 0 Å². The molecule has 3 aromatic heterocycles. The molecule has 0 aliphatic carbocycles. The van der Waals surface area contributed by atoms with Crippen molar-refractivity contribution in [3.05, 3.63) is 36.2 Å². The number of hydrogen-bond donors (Lipinski definition) is 1. The molecule has 1 unspecified atom stereocenters. The fraction of sp³-hybridized carbons (Fsp3) is 0.500. The highest BCUT2D eigenvalue weighted by molar-refractivity contribution is 6.45. The van der Waals surface area contributed by atoms with Gasteiger partial charge in [-0.15, -0.1) is 5.10 Å². The van der Waals surface area contributed by atoms with Crippen LogP contribution >= 0.6 is 0 Å². The number of hydrogen-bond acceptors (Lipinski definition) is 8. The first-order chi connectivity index (χ1) is 19.0. The van der Waals surface area contributed by atoms with E-state index in [1.807, 2.05) is 0 Å². The molecule has 14 heteroatoms. The number of halogens is 1. The van der Waals surface area contributed by atoms with E-state index in [1.54, 1.807) is 30.6 Å². The van der Waals surface area contributed by atoms with Crippen molar-refractivity contribution in [1.29, 1.82) is 0 Å². The summed E-state index contributed by atoms with van der Waals surface area (Å²) in [6.07, 6.45) is 6.13. The fourth-order valence-electron chi connectivity index (χ4n) is 5.09. The van der Waals surface area contributed by atoms with E-state index in [4.69, 9.17) is 4.74 Å². The Balaban J connectivity index is 1.22. The Morgan fingerprint density at radius 1 is 1.05 bits per heavy atom. The van der Waals surface area contributed by atoms with E-state index in [-0.39, 0.29) is 66.8 Å². The monoisotopic (exact) mass is 554 g/mol. The highest BCUT2D eigenvalue weighted by atomic mass is 19.1. The number of nitrogens with zero attached hydrogens (tertiary/aromatic N) is 7. The molecular formula is C26H31FN8O5. The zero-order valence-corrected chi connectivity index (χ0v) is 22.6. The number of piperazine rings is 1. The van der Waals surface area contributed by atoms with Gasteiger partial charge in [-0.05, 0) is 33.6 Å². The molecule has 2 aliphatic rings. The van der Waals surface area contributed by atoms with Crippen molar-refractivity contribution in [2.75, 3.05) is 39.3 Å². The number of rotatable bonds is 4. The molecule has 0 aromatic carbocycles. The zero-order chi connectivity index (χ0) is 28.6. The van der Waals surface area contributed by atoms with Gasteiger partial charge in [-0.1, -0.05) is 5.21 Å². The lowest BCUT2D eigenvalue weighted by atomic mass is 9.96. The van der Waals surface area contributed by atoms with E-state index in [0.29, 0.717) is 19.4 Å². The number of carbonyl (C=O) groups is 4. The Morgan fingerprint density at radius 3 is 2.45 bits per heavy atom. The Labute approximate surface area is 229 Å². The summed E-state index contributed by atoms with van der Waals surface area (Å²) in [6.45, 7) is 7.04. The molecule has 1 N–H and O–H groups in total. The molecule has 0 bridgehead atoms. The van der Waals surface area contributed by atoms with Crippen LogP contribution < -0.4 is 0 Å². The van der Waals surface area contributed by atoms with Crippen molar-refractivity contribution in [2.45, 2.75) is 39.2 Å². The van der Waals surface area contributed by atoms with Gasteiger partial charge in [0.15, 0.2) is 11.6 Å². The highest BCUT2D eigenvalue weighted by Gasteiger charge is 2.36. The van der Waals surface area contributed by atoms with Gasteiger partial charge >= 0.3 is 6.09 Å². The Bertz CT molecular complexity index is 1440. The molecule has 13 nitrogen and oxygen atoms in total. The average Bonchev–Trinajstić information content (AvgIpc) is 3.63. The third-order valence-electron chi connectivity index (χ3n) is 7.02. The highest BCUT2D eigenvalue weighted by Crippen LogP contribution is 2.27. The number of piperidine rings is 1. The van der Waals surface area contributed by atoms with E-state index >= 15 is 0 Å². The summed E-state index contributed by atoms with van der Waals surface area (Å²) < 4.78 is 21.5. The molecule has 0 radical (unpaired) electrons. The van der Waals surface area contributed by atoms with Crippen molar-refractivity contribution in [3.8, 4) is 5.82 Å². The average molecular weight is 555 g/mol. The van der Waals surface area contributed by atoms with E-state index in [1.165, 1.54) is 28.2 Å². The van der Waals surface area contributed by atoms with Gasteiger partial charge in [0.05, 0.1) is 41.0 Å². The molecule has 3 amide bonds. The summed E-state index contributed by atoms with van der Waals surface area (Å²) >= 11 is 0. The van der Waals surface area contributed by atoms with Crippen molar-refractivity contribution < 1.29 is 28.3 Å². The van der Waals surface area contributed by atoms with Gasteiger partial charge in [-0.2, -0.15) is 0 Å². The van der Waals surface area contributed by atoms with Gasteiger partial charge in [0.2, 0.25) is 5.91 Å². The number of ether oxygens (including phenoxy) is 1. The van der Waals surface area contributed by atoms with Crippen LogP contribution in [0.2, 0.25) is 0 Å². The predicted octanol–water partition coefficient (Wildman–Crippen LogP) is 1.78. The number of aromatic nitrogens is 5. The largest absolute Gasteiger partial charge is 0.444 e. The molecule has 5 heterocycles. The van der Waals surface area contributed by atoms with Gasteiger partial charge in [-0.3, -0.25) is 14.4 Å². The molecule has 2 fully saturated rings. The number of pyridine rings is 1. The van der Waals surface area contributed by atoms with Crippen LogP contribution in [0.15, 0.2) is 24.8 Å². The third-order valence-corrected chi connectivity index (χ3v) is 7.02. The quantitative estimate of drug-likeness (QED) is 0.379. The molecule has 40 heavy (non-hydrogen) atoms. The summed E-state index contributed by atoms with van der Waals surface area (Å²) in [4.78, 5) is 63.5. The molecule has 212 valence electrons. The molecule has 0 spiro atoms. The maximum Gasteiger partial charge on any atom is 0.410 e. The van der Waals surface area contributed by atoms with Gasteiger partial charge < -0.3 is 24.4 Å². The minimum atomic E-state index is -0.860. The van der Waals surface area contributed by atoms with Crippen LogP contribution in [0, 0.1) is 11.7 Å². The summed E-state index contributed by atoms with van der Waals surface area (Å²) in [5.74, 6) is -2.59. The summed E-state index contributed by atoms with van der Waals surface area (Å²) in [5.41, 5.74) is -0.516. The number of carbonyl (C=O) groups excluding carboxylic acids is 4. The number of fused-ring (bicyclic) bond motifs is 1. The van der Waals surface area contributed by atoms with Crippen LogP contribution in [0.4, 0.5) is 9.18 Å². The lowest BCUT2D eigenvalue weighted by Gasteiger charge is -2.39. The van der Waals surface area contributed by atoms with Crippen molar-refractivity contribution in [1.82, 2.24) is 39.7 Å². The van der Waals surface area contributed by atoms with Crippen LogP contribution in [0.25, 0.3) is 16.7 Å². The first kappa shape index (κ1) is 27.2. The van der Waals surface area contributed by atoms with Gasteiger partial charge in [-0.25, -0.2) is 18.9 Å². The fourth-order valence-corrected chi connectivity index (χ4v) is 5.09. The first-order valence-corrected chi connectivity index (χ1v) is 13.2. The second-order valence-electron chi connectivity index (χ2n) is 10.9. The summed E-state index contributed by atoms with van der Waals surface area (Å²) in [6, 6.07) is 0. The second-order valence-corrected chi connectivity index (χ2v) is 10.9. The second kappa shape index (κ2) is 10.7. The smallest absolute Gasteiger partial charge is 0.410 e. The lowest BCUT2D eigenvalue weighted by molar-refractivity contribution is -0.141. The van der Waals surface area contributed by atoms with E-state index in [2.05, 4.69) is 20.3 Å². The molecular weight excluding hydrogens is 523 g/mol. The van der Waals surface area contributed by atoms with E-state index < -0.39 is 29.2 Å². The van der Waals surface area contributed by atoms with Crippen LogP contribution in [0.1, 0.15) is 44.0 Å². The Morgan fingerprint density at radius 2 is 1.77 bits per heavy atom. The number of amides is 3. The van der Waals surface area contributed by atoms with E-state index in [9.17, 15) is 23.6 Å². The van der Waals surface area contributed by atoms with Crippen molar-refractivity contribution >= 4 is 34.6 Å². The molecule has 2 aliphatic heterocycles.